The number of pyridine rings is 1. The van der Waals surface area contributed by atoms with Gasteiger partial charge in [0.2, 0.25) is 17.6 Å². The number of hydrogen-bond donors (Lipinski definition) is 2. The fraction of sp³-hybridized carbons (Fsp3) is 0.300. The highest BCUT2D eigenvalue weighted by Gasteiger charge is 2.31. The maximum atomic E-state index is 12.5. The Balaban J connectivity index is 1.41. The summed E-state index contributed by atoms with van der Waals surface area (Å²) in [6, 6.07) is 10.5. The Morgan fingerprint density at radius 2 is 2.17 bits per heavy atom. The average Bonchev–Trinajstić information content (AvgIpc) is 3.37. The Labute approximate surface area is 167 Å². The lowest BCUT2D eigenvalue weighted by molar-refractivity contribution is 0.100. The van der Waals surface area contributed by atoms with Gasteiger partial charge in [-0.25, -0.2) is 9.78 Å². The molecule has 2 atom stereocenters. The summed E-state index contributed by atoms with van der Waals surface area (Å²) in [5, 5.41) is 9.73. The van der Waals surface area contributed by atoms with Gasteiger partial charge in [0.1, 0.15) is 6.10 Å². The summed E-state index contributed by atoms with van der Waals surface area (Å²) in [6.45, 7) is 2.29. The number of hydrogen-bond acceptors (Lipinski definition) is 7. The van der Waals surface area contributed by atoms with Gasteiger partial charge < -0.3 is 24.6 Å². The minimum atomic E-state index is -0.312. The minimum Gasteiger partial charge on any atom is -0.481 e. The third kappa shape index (κ3) is 4.35. The number of carbonyl (C=O) groups excluding carboxylic acids is 1. The van der Waals surface area contributed by atoms with E-state index in [1.165, 1.54) is 0 Å². The lowest BCUT2D eigenvalue weighted by Gasteiger charge is -2.20. The molecule has 1 saturated heterocycles. The number of aromatic nitrogens is 3. The van der Waals surface area contributed by atoms with Crippen molar-refractivity contribution in [1.29, 1.82) is 0 Å². The van der Waals surface area contributed by atoms with Gasteiger partial charge in [-0.2, -0.15) is 4.98 Å². The van der Waals surface area contributed by atoms with Crippen LogP contribution in [-0.4, -0.2) is 40.9 Å². The van der Waals surface area contributed by atoms with Gasteiger partial charge in [0.05, 0.1) is 13.2 Å². The first kappa shape index (κ1) is 18.9. The van der Waals surface area contributed by atoms with Crippen molar-refractivity contribution in [3.63, 3.8) is 0 Å². The topological polar surface area (TPSA) is 111 Å². The molecule has 2 aromatic heterocycles. The van der Waals surface area contributed by atoms with Crippen LogP contribution in [0.5, 0.6) is 5.88 Å². The predicted octanol–water partition coefficient (Wildman–Crippen LogP) is 3.10. The van der Waals surface area contributed by atoms with Gasteiger partial charge in [0.25, 0.3) is 0 Å². The Hall–Kier alpha value is -3.46. The summed E-state index contributed by atoms with van der Waals surface area (Å²) >= 11 is 0. The number of nitrogens with one attached hydrogen (secondary N) is 2. The first-order valence-corrected chi connectivity index (χ1v) is 9.22. The molecule has 0 unspecified atom stereocenters. The zero-order valence-corrected chi connectivity index (χ0v) is 16.1. The SMILES string of the molecule is COc1ccc([C@@H]2OCC[C@H]2NC(=O)Nc2cccc(-c3noc(C)n3)c2)cn1. The van der Waals surface area contributed by atoms with Crippen LogP contribution in [0.25, 0.3) is 11.4 Å². The van der Waals surface area contributed by atoms with Gasteiger partial charge in [0, 0.05) is 42.6 Å². The molecule has 2 N–H and O–H groups in total. The van der Waals surface area contributed by atoms with E-state index in [4.69, 9.17) is 14.0 Å². The van der Waals surface area contributed by atoms with E-state index in [2.05, 4.69) is 25.8 Å². The van der Waals surface area contributed by atoms with E-state index >= 15 is 0 Å². The van der Waals surface area contributed by atoms with Crippen LogP contribution in [-0.2, 0) is 4.74 Å². The van der Waals surface area contributed by atoms with Crippen molar-refractivity contribution in [1.82, 2.24) is 20.4 Å². The zero-order valence-electron chi connectivity index (χ0n) is 16.1. The first-order chi connectivity index (χ1) is 14.1. The van der Waals surface area contributed by atoms with E-state index < -0.39 is 0 Å². The number of methoxy groups -OCH3 is 1. The summed E-state index contributed by atoms with van der Waals surface area (Å²) in [5.74, 6) is 1.49. The molecule has 29 heavy (non-hydrogen) atoms. The molecule has 150 valence electrons. The molecule has 0 saturated carbocycles. The summed E-state index contributed by atoms with van der Waals surface area (Å²) in [6.07, 6.45) is 2.16. The highest BCUT2D eigenvalue weighted by molar-refractivity contribution is 5.90. The third-order valence-corrected chi connectivity index (χ3v) is 4.61. The second-order valence-electron chi connectivity index (χ2n) is 6.64. The second-order valence-corrected chi connectivity index (χ2v) is 6.64. The number of ether oxygens (including phenoxy) is 2. The molecule has 1 aliphatic heterocycles. The fourth-order valence-electron chi connectivity index (χ4n) is 3.23. The van der Waals surface area contributed by atoms with Gasteiger partial charge in [-0.05, 0) is 24.6 Å². The van der Waals surface area contributed by atoms with Gasteiger partial charge >= 0.3 is 6.03 Å². The molecule has 9 heteroatoms. The van der Waals surface area contributed by atoms with E-state index in [-0.39, 0.29) is 18.2 Å². The molecule has 2 amide bonds. The highest BCUT2D eigenvalue weighted by Crippen LogP contribution is 2.29. The molecule has 1 aromatic carbocycles. The van der Waals surface area contributed by atoms with Crippen LogP contribution in [0.1, 0.15) is 24.0 Å². The number of amides is 2. The van der Waals surface area contributed by atoms with Crippen molar-refractivity contribution in [3.05, 3.63) is 54.0 Å². The summed E-state index contributed by atoms with van der Waals surface area (Å²) in [7, 11) is 1.57. The van der Waals surface area contributed by atoms with Crippen LogP contribution in [0, 0.1) is 6.92 Å². The van der Waals surface area contributed by atoms with Crippen LogP contribution < -0.4 is 15.4 Å². The fourth-order valence-corrected chi connectivity index (χ4v) is 3.23. The number of rotatable bonds is 5. The number of benzene rings is 1. The van der Waals surface area contributed by atoms with Crippen LogP contribution in [0.4, 0.5) is 10.5 Å². The molecule has 9 nitrogen and oxygen atoms in total. The largest absolute Gasteiger partial charge is 0.481 e. The smallest absolute Gasteiger partial charge is 0.319 e. The molecular weight excluding hydrogens is 374 g/mol. The highest BCUT2D eigenvalue weighted by atomic mass is 16.5. The van der Waals surface area contributed by atoms with Crippen molar-refractivity contribution in [2.24, 2.45) is 0 Å². The van der Waals surface area contributed by atoms with Crippen LogP contribution in [0.2, 0.25) is 0 Å². The molecule has 1 fully saturated rings. The molecule has 3 aromatic rings. The molecule has 0 spiro atoms. The Bertz CT molecular complexity index is 989. The number of urea groups is 1. The standard InChI is InChI=1S/C20H21N5O4/c1-12-22-19(25-29-12)13-4-3-5-15(10-13)23-20(26)24-16-8-9-28-18(16)14-6-7-17(27-2)21-11-14/h3-7,10-11,16,18H,8-9H2,1-2H3,(H2,23,24,26)/t16-,18+/m1/s1. The summed E-state index contributed by atoms with van der Waals surface area (Å²) in [5.41, 5.74) is 2.28. The van der Waals surface area contributed by atoms with Gasteiger partial charge in [0.15, 0.2) is 0 Å². The van der Waals surface area contributed by atoms with E-state index in [1.54, 1.807) is 38.4 Å². The third-order valence-electron chi connectivity index (χ3n) is 4.61. The van der Waals surface area contributed by atoms with Crippen molar-refractivity contribution in [3.8, 4) is 17.3 Å². The van der Waals surface area contributed by atoms with Crippen molar-refractivity contribution in [2.45, 2.75) is 25.5 Å². The Kier molecular flexibility index (Phi) is 5.39. The molecule has 4 rings (SSSR count). The summed E-state index contributed by atoms with van der Waals surface area (Å²) in [4.78, 5) is 21.0. The lowest BCUT2D eigenvalue weighted by Crippen LogP contribution is -2.39. The monoisotopic (exact) mass is 395 g/mol. The van der Waals surface area contributed by atoms with E-state index in [1.807, 2.05) is 18.2 Å². The van der Waals surface area contributed by atoms with Crippen molar-refractivity contribution in [2.75, 3.05) is 19.0 Å². The van der Waals surface area contributed by atoms with Gasteiger partial charge in [-0.1, -0.05) is 17.3 Å². The lowest BCUT2D eigenvalue weighted by atomic mass is 10.0. The molecule has 0 bridgehead atoms. The molecule has 3 heterocycles. The minimum absolute atomic E-state index is 0.159. The number of aryl methyl sites for hydroxylation is 1. The first-order valence-electron chi connectivity index (χ1n) is 9.22. The second kappa shape index (κ2) is 8.27. The number of anilines is 1. The average molecular weight is 395 g/mol. The van der Waals surface area contributed by atoms with E-state index in [0.29, 0.717) is 36.3 Å². The molecule has 1 aliphatic rings. The Morgan fingerprint density at radius 3 is 2.90 bits per heavy atom. The quantitative estimate of drug-likeness (QED) is 0.683. The Morgan fingerprint density at radius 1 is 1.28 bits per heavy atom. The normalized spacial score (nSPS) is 18.4. The van der Waals surface area contributed by atoms with Crippen LogP contribution in [0.3, 0.4) is 0 Å². The zero-order chi connectivity index (χ0) is 20.2. The maximum absolute atomic E-state index is 12.5. The molecule has 0 radical (unpaired) electrons. The number of nitrogens with zero attached hydrogens (tertiary/aromatic N) is 3. The van der Waals surface area contributed by atoms with E-state index in [0.717, 1.165) is 11.1 Å². The number of carbonyl (C=O) groups is 1. The van der Waals surface area contributed by atoms with Crippen LogP contribution >= 0.6 is 0 Å². The molecule has 0 aliphatic carbocycles. The predicted molar refractivity (Wildman–Crippen MR) is 105 cm³/mol. The maximum Gasteiger partial charge on any atom is 0.319 e. The van der Waals surface area contributed by atoms with Crippen molar-refractivity contribution < 1.29 is 18.8 Å². The van der Waals surface area contributed by atoms with Crippen molar-refractivity contribution >= 4 is 11.7 Å². The van der Waals surface area contributed by atoms with Crippen LogP contribution in [0.15, 0.2) is 47.1 Å². The molecular formula is C20H21N5O4. The van der Waals surface area contributed by atoms with Gasteiger partial charge in [-0.3, -0.25) is 0 Å². The summed E-state index contributed by atoms with van der Waals surface area (Å²) < 4.78 is 15.9. The van der Waals surface area contributed by atoms with Gasteiger partial charge in [-0.15, -0.1) is 0 Å². The van der Waals surface area contributed by atoms with E-state index in [9.17, 15) is 4.79 Å².